The van der Waals surface area contributed by atoms with Crippen molar-refractivity contribution in [3.63, 3.8) is 0 Å². The van der Waals surface area contributed by atoms with Gasteiger partial charge in [0.2, 0.25) is 0 Å². The predicted molar refractivity (Wildman–Crippen MR) is 68.5 cm³/mol. The first-order valence-electron chi connectivity index (χ1n) is 6.16. The first-order valence-corrected chi connectivity index (χ1v) is 6.16. The monoisotopic (exact) mass is 250 g/mol. The molecule has 0 saturated carbocycles. The SMILES string of the molecule is NC1COc2c(cccc2N2CCN(N)CC2)O1. The Morgan fingerprint density at radius 3 is 2.72 bits per heavy atom. The molecule has 1 atom stereocenters. The van der Waals surface area contributed by atoms with E-state index in [2.05, 4.69) is 4.90 Å². The molecule has 4 N–H and O–H groups in total. The molecule has 1 saturated heterocycles. The number of hydrogen-bond donors (Lipinski definition) is 2. The summed E-state index contributed by atoms with van der Waals surface area (Å²) in [6.45, 7) is 3.87. The van der Waals surface area contributed by atoms with Crippen LogP contribution in [0.3, 0.4) is 0 Å². The molecule has 98 valence electrons. The summed E-state index contributed by atoms with van der Waals surface area (Å²) in [5.41, 5.74) is 6.77. The van der Waals surface area contributed by atoms with Gasteiger partial charge in [-0.1, -0.05) is 6.07 Å². The maximum Gasteiger partial charge on any atom is 0.184 e. The summed E-state index contributed by atoms with van der Waals surface area (Å²) < 4.78 is 11.3. The lowest BCUT2D eigenvalue weighted by Gasteiger charge is -2.36. The minimum absolute atomic E-state index is 0.381. The summed E-state index contributed by atoms with van der Waals surface area (Å²) >= 11 is 0. The highest BCUT2D eigenvalue weighted by Gasteiger charge is 2.24. The van der Waals surface area contributed by atoms with Crippen molar-refractivity contribution in [1.29, 1.82) is 0 Å². The van der Waals surface area contributed by atoms with E-state index in [1.165, 1.54) is 0 Å². The molecular formula is C12H18N4O2. The Balaban J connectivity index is 1.86. The van der Waals surface area contributed by atoms with Gasteiger partial charge in [0, 0.05) is 26.2 Å². The molecule has 0 spiro atoms. The van der Waals surface area contributed by atoms with Gasteiger partial charge < -0.3 is 14.4 Å². The van der Waals surface area contributed by atoms with Gasteiger partial charge in [0.1, 0.15) is 6.61 Å². The van der Waals surface area contributed by atoms with Crippen molar-refractivity contribution in [3.8, 4) is 11.5 Å². The summed E-state index contributed by atoms with van der Waals surface area (Å²) in [6.07, 6.45) is -0.381. The first kappa shape index (κ1) is 11.6. The minimum atomic E-state index is -0.381. The number of para-hydroxylation sites is 1. The van der Waals surface area contributed by atoms with Crippen molar-refractivity contribution in [2.45, 2.75) is 6.23 Å². The van der Waals surface area contributed by atoms with Gasteiger partial charge in [0.05, 0.1) is 5.69 Å². The smallest absolute Gasteiger partial charge is 0.184 e. The normalized spacial score (nSPS) is 24.1. The lowest BCUT2D eigenvalue weighted by Crippen LogP contribution is -2.49. The van der Waals surface area contributed by atoms with Crippen molar-refractivity contribution in [1.82, 2.24) is 5.01 Å². The number of anilines is 1. The predicted octanol–water partition coefficient (Wildman–Crippen LogP) is -0.262. The number of hydrazine groups is 1. The van der Waals surface area contributed by atoms with Gasteiger partial charge in [-0.05, 0) is 12.1 Å². The lowest BCUT2D eigenvalue weighted by atomic mass is 10.2. The number of hydrogen-bond acceptors (Lipinski definition) is 6. The van der Waals surface area contributed by atoms with Crippen LogP contribution in [0.25, 0.3) is 0 Å². The zero-order valence-electron chi connectivity index (χ0n) is 10.2. The Morgan fingerprint density at radius 1 is 1.17 bits per heavy atom. The molecule has 2 heterocycles. The van der Waals surface area contributed by atoms with E-state index in [1.54, 1.807) is 0 Å². The van der Waals surface area contributed by atoms with Crippen LogP contribution in [-0.2, 0) is 0 Å². The first-order chi connectivity index (χ1) is 8.74. The number of nitrogens with two attached hydrogens (primary N) is 2. The number of fused-ring (bicyclic) bond motifs is 1. The molecule has 1 aromatic carbocycles. The highest BCUT2D eigenvalue weighted by atomic mass is 16.6. The van der Waals surface area contributed by atoms with E-state index in [0.29, 0.717) is 6.61 Å². The Hall–Kier alpha value is -1.50. The van der Waals surface area contributed by atoms with Crippen molar-refractivity contribution in [2.24, 2.45) is 11.6 Å². The van der Waals surface area contributed by atoms with Crippen LogP contribution < -0.4 is 25.9 Å². The van der Waals surface area contributed by atoms with Crippen LogP contribution >= 0.6 is 0 Å². The van der Waals surface area contributed by atoms with Crippen LogP contribution in [-0.4, -0.2) is 44.0 Å². The van der Waals surface area contributed by atoms with Gasteiger partial charge in [-0.15, -0.1) is 0 Å². The van der Waals surface area contributed by atoms with Gasteiger partial charge >= 0.3 is 0 Å². The molecular weight excluding hydrogens is 232 g/mol. The molecule has 2 aliphatic rings. The number of rotatable bonds is 1. The molecule has 0 aliphatic carbocycles. The van der Waals surface area contributed by atoms with Gasteiger partial charge in [-0.25, -0.2) is 5.01 Å². The number of nitrogens with zero attached hydrogens (tertiary/aromatic N) is 2. The maximum absolute atomic E-state index is 5.77. The molecule has 1 fully saturated rings. The Labute approximate surface area is 106 Å². The molecule has 3 rings (SSSR count). The third kappa shape index (κ3) is 2.10. The van der Waals surface area contributed by atoms with E-state index in [4.69, 9.17) is 21.1 Å². The van der Waals surface area contributed by atoms with E-state index in [9.17, 15) is 0 Å². The second-order valence-corrected chi connectivity index (χ2v) is 4.59. The average molecular weight is 250 g/mol. The van der Waals surface area contributed by atoms with E-state index >= 15 is 0 Å². The largest absolute Gasteiger partial charge is 0.482 e. The third-order valence-electron chi connectivity index (χ3n) is 3.28. The molecule has 0 aromatic heterocycles. The second kappa shape index (κ2) is 4.64. The van der Waals surface area contributed by atoms with E-state index < -0.39 is 0 Å². The maximum atomic E-state index is 5.77. The summed E-state index contributed by atoms with van der Waals surface area (Å²) in [4.78, 5) is 2.27. The van der Waals surface area contributed by atoms with Gasteiger partial charge in [0.15, 0.2) is 17.7 Å². The fourth-order valence-electron chi connectivity index (χ4n) is 2.32. The molecule has 6 nitrogen and oxygen atoms in total. The Morgan fingerprint density at radius 2 is 1.94 bits per heavy atom. The molecule has 18 heavy (non-hydrogen) atoms. The summed E-state index contributed by atoms with van der Waals surface area (Å²) in [5.74, 6) is 7.28. The van der Waals surface area contributed by atoms with Gasteiger partial charge in [0.25, 0.3) is 0 Å². The Kier molecular flexibility index (Phi) is 2.99. The van der Waals surface area contributed by atoms with Crippen molar-refractivity contribution < 1.29 is 9.47 Å². The van der Waals surface area contributed by atoms with Crippen LogP contribution in [0.2, 0.25) is 0 Å². The quantitative estimate of drug-likeness (QED) is 0.669. The standard InChI is InChI=1S/C12H18N4O2/c13-11-8-17-12-9(2-1-3-10(12)18-11)15-4-6-16(14)7-5-15/h1-3,11H,4-8,13-14H2. The molecule has 1 aromatic rings. The van der Waals surface area contributed by atoms with Crippen molar-refractivity contribution >= 4 is 5.69 Å². The number of benzene rings is 1. The highest BCUT2D eigenvalue weighted by molar-refractivity contribution is 5.65. The molecule has 1 unspecified atom stereocenters. The topological polar surface area (TPSA) is 77.0 Å². The van der Waals surface area contributed by atoms with Crippen molar-refractivity contribution in [3.05, 3.63) is 18.2 Å². The fourth-order valence-corrected chi connectivity index (χ4v) is 2.32. The van der Waals surface area contributed by atoms with E-state index in [-0.39, 0.29) is 6.23 Å². The lowest BCUT2D eigenvalue weighted by molar-refractivity contribution is 0.0960. The average Bonchev–Trinajstić information content (AvgIpc) is 2.38. The van der Waals surface area contributed by atoms with E-state index in [0.717, 1.165) is 43.4 Å². The van der Waals surface area contributed by atoms with Crippen LogP contribution in [0.5, 0.6) is 11.5 Å². The zero-order valence-corrected chi connectivity index (χ0v) is 10.2. The second-order valence-electron chi connectivity index (χ2n) is 4.59. The summed E-state index contributed by atoms with van der Waals surface area (Å²) in [5, 5.41) is 1.83. The van der Waals surface area contributed by atoms with Crippen molar-refractivity contribution in [2.75, 3.05) is 37.7 Å². The van der Waals surface area contributed by atoms with E-state index in [1.807, 2.05) is 23.2 Å². The molecule has 2 aliphatic heterocycles. The summed E-state index contributed by atoms with van der Waals surface area (Å²) in [7, 11) is 0. The number of ether oxygens (including phenoxy) is 2. The molecule has 6 heteroatoms. The summed E-state index contributed by atoms with van der Waals surface area (Å²) in [6, 6.07) is 5.90. The molecule has 0 radical (unpaired) electrons. The Bertz CT molecular complexity index is 432. The van der Waals surface area contributed by atoms with Gasteiger partial charge in [-0.3, -0.25) is 11.6 Å². The number of piperazine rings is 1. The highest BCUT2D eigenvalue weighted by Crippen LogP contribution is 2.40. The molecule has 0 amide bonds. The zero-order chi connectivity index (χ0) is 12.5. The van der Waals surface area contributed by atoms with Crippen LogP contribution in [0.4, 0.5) is 5.69 Å². The fraction of sp³-hybridized carbons (Fsp3) is 0.500. The van der Waals surface area contributed by atoms with Crippen LogP contribution in [0.1, 0.15) is 0 Å². The van der Waals surface area contributed by atoms with Crippen LogP contribution in [0, 0.1) is 0 Å². The third-order valence-corrected chi connectivity index (χ3v) is 3.28. The van der Waals surface area contributed by atoms with Crippen LogP contribution in [0.15, 0.2) is 18.2 Å². The minimum Gasteiger partial charge on any atom is -0.482 e. The molecule has 0 bridgehead atoms. The van der Waals surface area contributed by atoms with Gasteiger partial charge in [-0.2, -0.15) is 0 Å².